The summed E-state index contributed by atoms with van der Waals surface area (Å²) in [5, 5.41) is 0.840. The summed E-state index contributed by atoms with van der Waals surface area (Å²) >= 11 is 0. The Bertz CT molecular complexity index is 792. The molecule has 0 saturated heterocycles. The van der Waals surface area contributed by atoms with Gasteiger partial charge in [-0.05, 0) is 29.8 Å². The number of benzene rings is 1. The van der Waals surface area contributed by atoms with Crippen LogP contribution in [-0.2, 0) is 0 Å². The van der Waals surface area contributed by atoms with E-state index in [2.05, 4.69) is 4.98 Å². The average Bonchev–Trinajstić information content (AvgIpc) is 2.46. The summed E-state index contributed by atoms with van der Waals surface area (Å²) in [5.74, 6) is 0.701. The quantitative estimate of drug-likeness (QED) is 0.704. The van der Waals surface area contributed by atoms with Gasteiger partial charge in [0.15, 0.2) is 5.58 Å². The van der Waals surface area contributed by atoms with Gasteiger partial charge in [-0.1, -0.05) is 12.1 Å². The van der Waals surface area contributed by atoms with E-state index in [4.69, 9.17) is 9.15 Å². The van der Waals surface area contributed by atoms with Crippen molar-refractivity contribution in [2.24, 2.45) is 0 Å². The normalized spacial score (nSPS) is 10.6. The molecule has 19 heavy (non-hydrogen) atoms. The molecule has 4 heteroatoms. The molecular weight excluding hydrogens is 242 g/mol. The molecule has 1 aromatic carbocycles. The van der Waals surface area contributed by atoms with Gasteiger partial charge in [-0.25, -0.2) is 4.79 Å². The third kappa shape index (κ3) is 2.08. The molecule has 2 aromatic heterocycles. The van der Waals surface area contributed by atoms with Gasteiger partial charge in [0.05, 0.1) is 18.9 Å². The van der Waals surface area contributed by atoms with E-state index in [9.17, 15) is 4.79 Å². The maximum Gasteiger partial charge on any atom is 0.344 e. The maximum absolute atomic E-state index is 12.0. The van der Waals surface area contributed by atoms with E-state index in [1.165, 1.54) is 6.20 Å². The Hall–Kier alpha value is -2.62. The Morgan fingerprint density at radius 3 is 2.95 bits per heavy atom. The smallest absolute Gasteiger partial charge is 0.344 e. The van der Waals surface area contributed by atoms with Crippen LogP contribution >= 0.6 is 0 Å². The highest BCUT2D eigenvalue weighted by Crippen LogP contribution is 2.23. The number of ether oxygens (including phenoxy) is 1. The van der Waals surface area contributed by atoms with Gasteiger partial charge in [0, 0.05) is 11.6 Å². The van der Waals surface area contributed by atoms with E-state index >= 15 is 0 Å². The standard InChI is InChI=1S/C15H11NO3/c1-18-12-4-2-3-10(7-12)13-8-11-5-6-16-9-14(11)19-15(13)17/h2-9H,1H3. The van der Waals surface area contributed by atoms with Crippen molar-refractivity contribution in [1.29, 1.82) is 0 Å². The number of fused-ring (bicyclic) bond motifs is 1. The third-order valence-electron chi connectivity index (χ3n) is 2.92. The molecule has 0 aliphatic carbocycles. The van der Waals surface area contributed by atoms with E-state index in [0.717, 1.165) is 10.9 Å². The molecule has 94 valence electrons. The molecule has 0 N–H and O–H groups in total. The minimum atomic E-state index is -0.381. The first-order chi connectivity index (χ1) is 9.28. The lowest BCUT2D eigenvalue weighted by atomic mass is 10.1. The molecule has 0 atom stereocenters. The van der Waals surface area contributed by atoms with Crippen LogP contribution in [0.2, 0.25) is 0 Å². The highest BCUT2D eigenvalue weighted by Gasteiger charge is 2.08. The van der Waals surface area contributed by atoms with Crippen molar-refractivity contribution < 1.29 is 9.15 Å². The fourth-order valence-electron chi connectivity index (χ4n) is 1.96. The zero-order chi connectivity index (χ0) is 13.2. The second kappa shape index (κ2) is 4.57. The molecule has 0 unspecified atom stereocenters. The van der Waals surface area contributed by atoms with Gasteiger partial charge in [-0.3, -0.25) is 4.98 Å². The fourth-order valence-corrected chi connectivity index (χ4v) is 1.96. The monoisotopic (exact) mass is 253 g/mol. The molecule has 0 fully saturated rings. The zero-order valence-corrected chi connectivity index (χ0v) is 10.3. The summed E-state index contributed by atoms with van der Waals surface area (Å²) in [6.07, 6.45) is 3.20. The van der Waals surface area contributed by atoms with E-state index in [1.807, 2.05) is 24.3 Å². The predicted octanol–water partition coefficient (Wildman–Crippen LogP) is 2.86. The van der Waals surface area contributed by atoms with Crippen LogP contribution in [0.5, 0.6) is 5.75 Å². The van der Waals surface area contributed by atoms with Gasteiger partial charge >= 0.3 is 5.63 Å². The number of aromatic nitrogens is 1. The minimum Gasteiger partial charge on any atom is -0.497 e. The van der Waals surface area contributed by atoms with Crippen molar-refractivity contribution in [2.45, 2.75) is 0 Å². The first-order valence-electron chi connectivity index (χ1n) is 5.80. The second-order valence-corrected chi connectivity index (χ2v) is 4.09. The number of rotatable bonds is 2. The Morgan fingerprint density at radius 2 is 2.11 bits per heavy atom. The molecule has 0 bridgehead atoms. The van der Waals surface area contributed by atoms with Crippen LogP contribution in [0.15, 0.2) is 58.0 Å². The van der Waals surface area contributed by atoms with Gasteiger partial charge < -0.3 is 9.15 Å². The largest absolute Gasteiger partial charge is 0.497 e. The van der Waals surface area contributed by atoms with E-state index in [1.54, 1.807) is 25.4 Å². The number of nitrogens with zero attached hydrogens (tertiary/aromatic N) is 1. The first-order valence-corrected chi connectivity index (χ1v) is 5.80. The molecule has 4 nitrogen and oxygen atoms in total. The molecule has 0 radical (unpaired) electrons. The van der Waals surface area contributed by atoms with Gasteiger partial charge in [0.1, 0.15) is 5.75 Å². The van der Waals surface area contributed by atoms with Crippen molar-refractivity contribution in [1.82, 2.24) is 4.98 Å². The average molecular weight is 253 g/mol. The molecule has 0 spiro atoms. The number of methoxy groups -OCH3 is 1. The number of pyridine rings is 1. The molecule has 2 heterocycles. The maximum atomic E-state index is 12.0. The lowest BCUT2D eigenvalue weighted by molar-refractivity contribution is 0.415. The van der Waals surface area contributed by atoms with Gasteiger partial charge in [-0.2, -0.15) is 0 Å². The second-order valence-electron chi connectivity index (χ2n) is 4.09. The van der Waals surface area contributed by atoms with Crippen LogP contribution in [0.25, 0.3) is 22.1 Å². The van der Waals surface area contributed by atoms with E-state index in [-0.39, 0.29) is 5.63 Å². The fraction of sp³-hybridized carbons (Fsp3) is 0.0667. The van der Waals surface area contributed by atoms with Crippen molar-refractivity contribution >= 4 is 11.0 Å². The SMILES string of the molecule is COc1cccc(-c2cc3ccncc3oc2=O)c1. The molecule has 3 rings (SSSR count). The number of hydrogen-bond acceptors (Lipinski definition) is 4. The van der Waals surface area contributed by atoms with Gasteiger partial charge in [0.2, 0.25) is 0 Å². The summed E-state index contributed by atoms with van der Waals surface area (Å²) in [5.41, 5.74) is 1.39. The van der Waals surface area contributed by atoms with Crippen LogP contribution in [0.1, 0.15) is 0 Å². The number of hydrogen-bond donors (Lipinski definition) is 0. The predicted molar refractivity (Wildman–Crippen MR) is 72.3 cm³/mol. The van der Waals surface area contributed by atoms with Crippen molar-refractivity contribution in [3.8, 4) is 16.9 Å². The first kappa shape index (κ1) is 11.5. The summed E-state index contributed by atoms with van der Waals surface area (Å²) in [4.78, 5) is 15.9. The Labute approximate surface area is 109 Å². The topological polar surface area (TPSA) is 52.3 Å². The van der Waals surface area contributed by atoms with E-state index in [0.29, 0.717) is 16.9 Å². The molecule has 0 aliphatic heterocycles. The Kier molecular flexibility index (Phi) is 2.76. The van der Waals surface area contributed by atoms with Crippen LogP contribution in [-0.4, -0.2) is 12.1 Å². The molecule has 0 amide bonds. The van der Waals surface area contributed by atoms with Gasteiger partial charge in [-0.15, -0.1) is 0 Å². The summed E-state index contributed by atoms with van der Waals surface area (Å²) < 4.78 is 10.4. The lowest BCUT2D eigenvalue weighted by Crippen LogP contribution is -2.02. The highest BCUT2D eigenvalue weighted by molar-refractivity contribution is 5.80. The zero-order valence-electron chi connectivity index (χ0n) is 10.3. The van der Waals surface area contributed by atoms with Gasteiger partial charge in [0.25, 0.3) is 0 Å². The Balaban J connectivity index is 2.24. The van der Waals surface area contributed by atoms with Crippen molar-refractivity contribution in [2.75, 3.05) is 7.11 Å². The molecule has 3 aromatic rings. The summed E-state index contributed by atoms with van der Waals surface area (Å²) in [6.45, 7) is 0. The van der Waals surface area contributed by atoms with Crippen molar-refractivity contribution in [3.05, 3.63) is 59.2 Å². The van der Waals surface area contributed by atoms with Crippen LogP contribution in [0, 0.1) is 0 Å². The van der Waals surface area contributed by atoms with Crippen LogP contribution in [0.3, 0.4) is 0 Å². The lowest BCUT2D eigenvalue weighted by Gasteiger charge is -2.04. The van der Waals surface area contributed by atoms with Crippen molar-refractivity contribution in [3.63, 3.8) is 0 Å². The van der Waals surface area contributed by atoms with E-state index < -0.39 is 0 Å². The summed E-state index contributed by atoms with van der Waals surface area (Å²) in [6, 6.07) is 10.9. The molecule has 0 aliphatic rings. The summed E-state index contributed by atoms with van der Waals surface area (Å²) in [7, 11) is 1.59. The Morgan fingerprint density at radius 1 is 1.21 bits per heavy atom. The molecular formula is C15H11NO3. The van der Waals surface area contributed by atoms with Crippen LogP contribution < -0.4 is 10.4 Å². The highest BCUT2D eigenvalue weighted by atomic mass is 16.5. The molecule has 0 saturated carbocycles. The minimum absolute atomic E-state index is 0.381. The third-order valence-corrected chi connectivity index (χ3v) is 2.92. The van der Waals surface area contributed by atoms with Crippen LogP contribution in [0.4, 0.5) is 0 Å².